The molecule has 1 aromatic rings. The van der Waals surface area contributed by atoms with Crippen molar-refractivity contribution in [2.45, 2.75) is 33.4 Å². The van der Waals surface area contributed by atoms with Crippen molar-refractivity contribution in [1.82, 2.24) is 4.90 Å². The Kier molecular flexibility index (Phi) is 7.07. The van der Waals surface area contributed by atoms with Crippen molar-refractivity contribution in [3.8, 4) is 0 Å². The first-order valence-electron chi connectivity index (χ1n) is 7.13. The van der Waals surface area contributed by atoms with Gasteiger partial charge in [0.05, 0.1) is 19.8 Å². The fourth-order valence-corrected chi connectivity index (χ4v) is 1.96. The first-order valence-corrected chi connectivity index (χ1v) is 7.13. The molecule has 1 atom stereocenters. The molecule has 1 amide bonds. The number of aryl methyl sites for hydroxylation is 1. The van der Waals surface area contributed by atoms with Gasteiger partial charge in [-0.25, -0.2) is 4.79 Å². The number of furan rings is 1. The standard InChI is InChI=1S/C15H23NO6/c1-5-20-6-7-21-11(3)14(17)16(4)9-12-8-13(15(18)19)10(2)22-12/h8,11H,5-7,9H2,1-4H3,(H,18,19). The maximum atomic E-state index is 12.1. The van der Waals surface area contributed by atoms with Crippen molar-refractivity contribution in [1.29, 1.82) is 0 Å². The third-order valence-corrected chi connectivity index (χ3v) is 3.12. The van der Waals surface area contributed by atoms with Gasteiger partial charge in [-0.3, -0.25) is 4.79 Å². The van der Waals surface area contributed by atoms with Crippen LogP contribution in [0.1, 0.15) is 35.7 Å². The molecule has 0 bridgehead atoms. The topological polar surface area (TPSA) is 89.2 Å². The molecular formula is C15H23NO6. The molecule has 1 aromatic heterocycles. The fraction of sp³-hybridized carbons (Fsp3) is 0.600. The number of carboxylic acids is 1. The summed E-state index contributed by atoms with van der Waals surface area (Å²) in [5.41, 5.74) is 0.108. The number of carbonyl (C=O) groups excluding carboxylic acids is 1. The first-order chi connectivity index (χ1) is 10.4. The van der Waals surface area contributed by atoms with Crippen molar-refractivity contribution in [2.24, 2.45) is 0 Å². The number of carbonyl (C=O) groups is 2. The number of rotatable bonds is 9. The van der Waals surface area contributed by atoms with Crippen LogP contribution in [0.3, 0.4) is 0 Å². The molecule has 22 heavy (non-hydrogen) atoms. The number of nitrogens with zero attached hydrogens (tertiary/aromatic N) is 1. The molecule has 0 aromatic carbocycles. The molecule has 0 aliphatic rings. The second-order valence-corrected chi connectivity index (χ2v) is 4.89. The van der Waals surface area contributed by atoms with Gasteiger partial charge < -0.3 is 23.9 Å². The minimum Gasteiger partial charge on any atom is -0.478 e. The second-order valence-electron chi connectivity index (χ2n) is 4.89. The van der Waals surface area contributed by atoms with Gasteiger partial charge in [0.15, 0.2) is 0 Å². The maximum absolute atomic E-state index is 12.1. The molecule has 0 radical (unpaired) electrons. The van der Waals surface area contributed by atoms with Gasteiger partial charge in [0.1, 0.15) is 23.2 Å². The SMILES string of the molecule is CCOCCOC(C)C(=O)N(C)Cc1cc(C(=O)O)c(C)o1. The zero-order valence-corrected chi connectivity index (χ0v) is 13.4. The maximum Gasteiger partial charge on any atom is 0.339 e. The summed E-state index contributed by atoms with van der Waals surface area (Å²) >= 11 is 0. The fourth-order valence-electron chi connectivity index (χ4n) is 1.96. The molecule has 0 aliphatic heterocycles. The van der Waals surface area contributed by atoms with Gasteiger partial charge in [-0.2, -0.15) is 0 Å². The number of hydrogen-bond acceptors (Lipinski definition) is 5. The summed E-state index contributed by atoms with van der Waals surface area (Å²) in [5.74, 6) is -0.506. The molecule has 0 aliphatic carbocycles. The molecule has 1 N–H and O–H groups in total. The summed E-state index contributed by atoms with van der Waals surface area (Å²) in [6.07, 6.45) is -0.597. The van der Waals surface area contributed by atoms with E-state index in [4.69, 9.17) is 19.0 Å². The normalized spacial score (nSPS) is 12.2. The lowest BCUT2D eigenvalue weighted by Gasteiger charge is -2.20. The molecule has 1 rings (SSSR count). The molecule has 0 saturated carbocycles. The van der Waals surface area contributed by atoms with Gasteiger partial charge in [0.25, 0.3) is 5.91 Å². The van der Waals surface area contributed by atoms with Gasteiger partial charge in [0.2, 0.25) is 0 Å². The Morgan fingerprint density at radius 1 is 1.41 bits per heavy atom. The van der Waals surface area contributed by atoms with Crippen molar-refractivity contribution in [3.05, 3.63) is 23.2 Å². The summed E-state index contributed by atoms with van der Waals surface area (Å²) in [6.45, 7) is 6.71. The van der Waals surface area contributed by atoms with E-state index in [9.17, 15) is 9.59 Å². The molecule has 124 valence electrons. The predicted molar refractivity (Wildman–Crippen MR) is 78.8 cm³/mol. The lowest BCUT2D eigenvalue weighted by atomic mass is 10.2. The monoisotopic (exact) mass is 313 g/mol. The van der Waals surface area contributed by atoms with Crippen LogP contribution in [-0.4, -0.2) is 54.9 Å². The van der Waals surface area contributed by atoms with Crippen LogP contribution in [0.5, 0.6) is 0 Å². The van der Waals surface area contributed by atoms with Crippen molar-refractivity contribution < 1.29 is 28.6 Å². The van der Waals surface area contributed by atoms with Gasteiger partial charge in [-0.05, 0) is 26.8 Å². The molecule has 1 unspecified atom stereocenters. The minimum atomic E-state index is -1.05. The van der Waals surface area contributed by atoms with E-state index in [0.717, 1.165) is 0 Å². The van der Waals surface area contributed by atoms with Crippen LogP contribution < -0.4 is 0 Å². The van der Waals surface area contributed by atoms with Crippen LogP contribution >= 0.6 is 0 Å². The molecule has 1 heterocycles. The van der Waals surface area contributed by atoms with E-state index in [1.165, 1.54) is 11.0 Å². The third-order valence-electron chi connectivity index (χ3n) is 3.12. The van der Waals surface area contributed by atoms with E-state index in [1.807, 2.05) is 6.92 Å². The summed E-state index contributed by atoms with van der Waals surface area (Å²) in [7, 11) is 1.61. The second kappa shape index (κ2) is 8.55. The zero-order chi connectivity index (χ0) is 16.7. The average Bonchev–Trinajstić information content (AvgIpc) is 2.83. The van der Waals surface area contributed by atoms with Crippen LogP contribution in [0.25, 0.3) is 0 Å². The number of likely N-dealkylation sites (N-methyl/N-ethyl adjacent to an activating group) is 1. The summed E-state index contributed by atoms with van der Waals surface area (Å²) < 4.78 is 15.9. The first kappa shape index (κ1) is 18.2. The highest BCUT2D eigenvalue weighted by Crippen LogP contribution is 2.16. The summed E-state index contributed by atoms with van der Waals surface area (Å²) in [6, 6.07) is 1.43. The largest absolute Gasteiger partial charge is 0.478 e. The van der Waals surface area contributed by atoms with Crippen LogP contribution in [0, 0.1) is 6.92 Å². The van der Waals surface area contributed by atoms with E-state index in [2.05, 4.69) is 0 Å². The Balaban J connectivity index is 2.53. The summed E-state index contributed by atoms with van der Waals surface area (Å²) in [5, 5.41) is 8.98. The van der Waals surface area contributed by atoms with E-state index < -0.39 is 12.1 Å². The van der Waals surface area contributed by atoms with Crippen molar-refractivity contribution >= 4 is 11.9 Å². The highest BCUT2D eigenvalue weighted by Gasteiger charge is 2.21. The highest BCUT2D eigenvalue weighted by atomic mass is 16.5. The highest BCUT2D eigenvalue weighted by molar-refractivity contribution is 5.88. The van der Waals surface area contributed by atoms with Gasteiger partial charge in [0, 0.05) is 13.7 Å². The number of amides is 1. The van der Waals surface area contributed by atoms with Gasteiger partial charge in [-0.1, -0.05) is 0 Å². The number of hydrogen-bond donors (Lipinski definition) is 1. The Hall–Kier alpha value is -1.86. The van der Waals surface area contributed by atoms with Crippen LogP contribution in [0.2, 0.25) is 0 Å². The van der Waals surface area contributed by atoms with Crippen molar-refractivity contribution in [3.63, 3.8) is 0 Å². The number of carboxylic acid groups (broad SMARTS) is 1. The van der Waals surface area contributed by atoms with E-state index in [1.54, 1.807) is 20.9 Å². The Bertz CT molecular complexity index is 510. The van der Waals surface area contributed by atoms with Gasteiger partial charge >= 0.3 is 5.97 Å². The van der Waals surface area contributed by atoms with Crippen molar-refractivity contribution in [2.75, 3.05) is 26.9 Å². The smallest absolute Gasteiger partial charge is 0.339 e. The van der Waals surface area contributed by atoms with Crippen LogP contribution in [-0.2, 0) is 20.8 Å². The quantitative estimate of drug-likeness (QED) is 0.698. The van der Waals surface area contributed by atoms with E-state index >= 15 is 0 Å². The average molecular weight is 313 g/mol. The number of aromatic carboxylic acids is 1. The Morgan fingerprint density at radius 3 is 2.64 bits per heavy atom. The number of ether oxygens (including phenoxy) is 2. The van der Waals surface area contributed by atoms with E-state index in [0.29, 0.717) is 31.3 Å². The molecule has 7 heteroatoms. The van der Waals surface area contributed by atoms with Crippen LogP contribution in [0.4, 0.5) is 0 Å². The molecule has 7 nitrogen and oxygen atoms in total. The molecule has 0 saturated heterocycles. The summed E-state index contributed by atoms with van der Waals surface area (Å²) in [4.78, 5) is 24.5. The van der Waals surface area contributed by atoms with E-state index in [-0.39, 0.29) is 18.0 Å². The molecule has 0 spiro atoms. The third kappa shape index (κ3) is 5.16. The minimum absolute atomic E-state index is 0.108. The zero-order valence-electron chi connectivity index (χ0n) is 13.4. The lowest BCUT2D eigenvalue weighted by molar-refractivity contribution is -0.142. The van der Waals surface area contributed by atoms with Crippen LogP contribution in [0.15, 0.2) is 10.5 Å². The Morgan fingerprint density at radius 2 is 2.09 bits per heavy atom. The Labute approximate surface area is 129 Å². The molecular weight excluding hydrogens is 290 g/mol. The molecule has 0 fully saturated rings. The van der Waals surface area contributed by atoms with Gasteiger partial charge in [-0.15, -0.1) is 0 Å². The predicted octanol–water partition coefficient (Wildman–Crippen LogP) is 1.69. The lowest BCUT2D eigenvalue weighted by Crippen LogP contribution is -2.36.